The van der Waals surface area contributed by atoms with E-state index in [9.17, 15) is 27.6 Å². The van der Waals surface area contributed by atoms with E-state index in [0.29, 0.717) is 25.2 Å². The van der Waals surface area contributed by atoms with Crippen molar-refractivity contribution in [2.45, 2.75) is 18.6 Å². The Balaban J connectivity index is 1.59. The lowest BCUT2D eigenvalue weighted by molar-refractivity contribution is -0.123. The number of hydrogen-bond donors (Lipinski definition) is 3. The van der Waals surface area contributed by atoms with Crippen LogP contribution in [-0.4, -0.2) is 59.7 Å². The quantitative estimate of drug-likeness (QED) is 0.648. The SMILES string of the molecule is NC(=O)c1ccc(NC(=O)N2c3nc(C(=O)NCC(F)(F)F)ccc3N3CCC2C3)nc1. The van der Waals surface area contributed by atoms with Gasteiger partial charge in [-0.3, -0.25) is 19.8 Å². The van der Waals surface area contributed by atoms with Crippen LogP contribution in [0.25, 0.3) is 0 Å². The zero-order valence-electron chi connectivity index (χ0n) is 16.5. The number of fused-ring (bicyclic) bond motifs is 4. The zero-order valence-corrected chi connectivity index (χ0v) is 16.5. The van der Waals surface area contributed by atoms with Crippen molar-refractivity contribution in [1.82, 2.24) is 15.3 Å². The molecule has 168 valence electrons. The van der Waals surface area contributed by atoms with Gasteiger partial charge in [0.05, 0.1) is 17.3 Å². The number of pyridine rings is 2. The van der Waals surface area contributed by atoms with Gasteiger partial charge in [-0.2, -0.15) is 13.2 Å². The summed E-state index contributed by atoms with van der Waals surface area (Å²) in [5.74, 6) is -1.32. The maximum absolute atomic E-state index is 13.1. The van der Waals surface area contributed by atoms with Crippen molar-refractivity contribution < 1.29 is 27.6 Å². The topological polar surface area (TPSA) is 134 Å². The van der Waals surface area contributed by atoms with E-state index in [2.05, 4.69) is 15.3 Å². The minimum Gasteiger partial charge on any atom is -0.366 e. The summed E-state index contributed by atoms with van der Waals surface area (Å²) in [6, 6.07) is 4.90. The van der Waals surface area contributed by atoms with Crippen LogP contribution in [-0.2, 0) is 0 Å². The molecule has 1 unspecified atom stereocenters. The number of anilines is 3. The normalized spacial score (nSPS) is 17.0. The van der Waals surface area contributed by atoms with Crippen LogP contribution in [0.1, 0.15) is 27.3 Å². The molecule has 4 heterocycles. The highest BCUT2D eigenvalue weighted by Gasteiger charge is 2.40. The first-order valence-electron chi connectivity index (χ1n) is 9.59. The molecule has 2 aliphatic heterocycles. The lowest BCUT2D eigenvalue weighted by Gasteiger charge is -2.35. The van der Waals surface area contributed by atoms with Crippen molar-refractivity contribution >= 4 is 35.2 Å². The maximum atomic E-state index is 13.1. The van der Waals surface area contributed by atoms with Crippen LogP contribution in [0.5, 0.6) is 0 Å². The van der Waals surface area contributed by atoms with Gasteiger partial charge in [-0.15, -0.1) is 0 Å². The van der Waals surface area contributed by atoms with Gasteiger partial charge < -0.3 is 16.0 Å². The monoisotopic (exact) mass is 449 g/mol. The van der Waals surface area contributed by atoms with E-state index >= 15 is 0 Å². The third kappa shape index (κ3) is 4.26. The van der Waals surface area contributed by atoms with Gasteiger partial charge in [0.2, 0.25) is 5.91 Å². The molecule has 4 rings (SSSR count). The number of carbonyl (C=O) groups excluding carboxylic acids is 3. The Labute approximate surface area is 179 Å². The number of nitrogens with two attached hydrogens (primary N) is 1. The number of urea groups is 1. The second-order valence-corrected chi connectivity index (χ2v) is 7.32. The van der Waals surface area contributed by atoms with Gasteiger partial charge in [-0.05, 0) is 30.7 Å². The fourth-order valence-corrected chi connectivity index (χ4v) is 3.65. The number of amides is 4. The molecule has 0 aliphatic carbocycles. The second kappa shape index (κ2) is 7.98. The minimum atomic E-state index is -4.56. The van der Waals surface area contributed by atoms with Gasteiger partial charge in [-0.25, -0.2) is 14.8 Å². The van der Waals surface area contributed by atoms with Crippen LogP contribution in [0.15, 0.2) is 30.5 Å². The standard InChI is InChI=1S/C19H18F3N7O3/c20-19(21,22)9-25-17(31)12-2-3-13-16(26-12)29(11-5-6-28(13)8-11)18(32)27-14-4-1-10(7-24-14)15(23)30/h1-4,7,11H,5-6,8-9H2,(H2,23,30)(H,25,31)(H,24,27,32). The number of hydrogen-bond acceptors (Lipinski definition) is 6. The number of halogens is 3. The minimum absolute atomic E-state index is 0.168. The number of rotatable bonds is 4. The molecular formula is C19H18F3N7O3. The van der Waals surface area contributed by atoms with E-state index < -0.39 is 30.6 Å². The van der Waals surface area contributed by atoms with Gasteiger partial charge in [-0.1, -0.05) is 0 Å². The first kappa shape index (κ1) is 21.3. The smallest absolute Gasteiger partial charge is 0.366 e. The largest absolute Gasteiger partial charge is 0.405 e. The summed E-state index contributed by atoms with van der Waals surface area (Å²) in [5, 5.41) is 4.39. The molecule has 2 aliphatic rings. The molecule has 2 bridgehead atoms. The number of nitrogens with zero attached hydrogens (tertiary/aromatic N) is 4. The summed E-state index contributed by atoms with van der Waals surface area (Å²) in [7, 11) is 0. The Morgan fingerprint density at radius 1 is 1.19 bits per heavy atom. The maximum Gasteiger partial charge on any atom is 0.405 e. The Morgan fingerprint density at radius 3 is 2.62 bits per heavy atom. The van der Waals surface area contributed by atoms with Crippen molar-refractivity contribution in [3.63, 3.8) is 0 Å². The van der Waals surface area contributed by atoms with Crippen molar-refractivity contribution in [3.8, 4) is 0 Å². The molecular weight excluding hydrogens is 431 g/mol. The molecule has 0 saturated carbocycles. The Kier molecular flexibility index (Phi) is 5.32. The van der Waals surface area contributed by atoms with Crippen molar-refractivity contribution in [2.75, 3.05) is 34.8 Å². The molecule has 4 amide bonds. The average molecular weight is 449 g/mol. The van der Waals surface area contributed by atoms with Crippen LogP contribution < -0.4 is 26.2 Å². The van der Waals surface area contributed by atoms with E-state index in [1.807, 2.05) is 4.90 Å². The number of primary amides is 1. The molecule has 0 aromatic carbocycles. The molecule has 32 heavy (non-hydrogen) atoms. The summed E-state index contributed by atoms with van der Waals surface area (Å²) in [6.07, 6.45) is -2.69. The molecule has 0 spiro atoms. The van der Waals surface area contributed by atoms with Crippen molar-refractivity contribution in [2.24, 2.45) is 5.73 Å². The fraction of sp³-hybridized carbons (Fsp3) is 0.316. The fourth-order valence-electron chi connectivity index (χ4n) is 3.65. The first-order chi connectivity index (χ1) is 15.1. The molecule has 2 aromatic rings. The van der Waals surface area contributed by atoms with Crippen molar-refractivity contribution in [3.05, 3.63) is 41.7 Å². The third-order valence-corrected chi connectivity index (χ3v) is 5.14. The van der Waals surface area contributed by atoms with Gasteiger partial charge in [0, 0.05) is 19.3 Å². The summed E-state index contributed by atoms with van der Waals surface area (Å²) >= 11 is 0. The molecule has 13 heteroatoms. The summed E-state index contributed by atoms with van der Waals surface area (Å²) in [5.41, 5.74) is 5.71. The summed E-state index contributed by atoms with van der Waals surface area (Å²) < 4.78 is 37.3. The predicted molar refractivity (Wildman–Crippen MR) is 107 cm³/mol. The summed E-state index contributed by atoms with van der Waals surface area (Å²) in [6.45, 7) is -0.277. The Morgan fingerprint density at radius 2 is 1.97 bits per heavy atom. The van der Waals surface area contributed by atoms with Gasteiger partial charge in [0.25, 0.3) is 5.91 Å². The highest BCUT2D eigenvalue weighted by Crippen LogP contribution is 2.39. The van der Waals surface area contributed by atoms with Crippen LogP contribution in [0, 0.1) is 0 Å². The van der Waals surface area contributed by atoms with Gasteiger partial charge in [0.15, 0.2) is 5.82 Å². The number of nitrogens with one attached hydrogen (secondary N) is 2. The highest BCUT2D eigenvalue weighted by molar-refractivity contribution is 6.05. The van der Waals surface area contributed by atoms with Gasteiger partial charge >= 0.3 is 12.2 Å². The van der Waals surface area contributed by atoms with Crippen molar-refractivity contribution in [1.29, 1.82) is 0 Å². The molecule has 0 radical (unpaired) electrons. The molecule has 1 fully saturated rings. The van der Waals surface area contributed by atoms with Crippen LogP contribution in [0.3, 0.4) is 0 Å². The summed E-state index contributed by atoms with van der Waals surface area (Å²) in [4.78, 5) is 47.9. The first-order valence-corrected chi connectivity index (χ1v) is 9.59. The van der Waals surface area contributed by atoms with Crippen LogP contribution >= 0.6 is 0 Å². The molecule has 1 saturated heterocycles. The lowest BCUT2D eigenvalue weighted by atomic mass is 10.1. The highest BCUT2D eigenvalue weighted by atomic mass is 19.4. The number of aromatic nitrogens is 2. The van der Waals surface area contributed by atoms with Crippen LogP contribution in [0.4, 0.5) is 35.3 Å². The van der Waals surface area contributed by atoms with E-state index in [0.717, 1.165) is 0 Å². The third-order valence-electron chi connectivity index (χ3n) is 5.14. The zero-order chi connectivity index (χ0) is 23.0. The molecule has 10 nitrogen and oxygen atoms in total. The second-order valence-electron chi connectivity index (χ2n) is 7.32. The van der Waals surface area contributed by atoms with E-state index in [1.54, 1.807) is 11.4 Å². The molecule has 4 N–H and O–H groups in total. The molecule has 1 atom stereocenters. The van der Waals surface area contributed by atoms with Gasteiger partial charge in [0.1, 0.15) is 18.1 Å². The molecule has 2 aromatic heterocycles. The Hall–Kier alpha value is -3.90. The van der Waals surface area contributed by atoms with Crippen LogP contribution in [0.2, 0.25) is 0 Å². The number of alkyl halides is 3. The van der Waals surface area contributed by atoms with E-state index in [4.69, 9.17) is 5.73 Å². The lowest BCUT2D eigenvalue weighted by Crippen LogP contribution is -2.48. The number of carbonyl (C=O) groups is 3. The van der Waals surface area contributed by atoms with E-state index in [1.165, 1.54) is 29.3 Å². The predicted octanol–water partition coefficient (Wildman–Crippen LogP) is 1.50. The van der Waals surface area contributed by atoms with E-state index in [-0.39, 0.29) is 28.9 Å². The Bertz CT molecular complexity index is 1070. The average Bonchev–Trinajstić information content (AvgIpc) is 3.15.